The lowest BCUT2D eigenvalue weighted by Crippen LogP contribution is -2.35. The van der Waals surface area contributed by atoms with Gasteiger partial charge in [0.15, 0.2) is 0 Å². The van der Waals surface area contributed by atoms with Crippen LogP contribution in [0.15, 0.2) is 18.2 Å². The van der Waals surface area contributed by atoms with Crippen molar-refractivity contribution in [1.29, 1.82) is 0 Å². The van der Waals surface area contributed by atoms with Gasteiger partial charge in [-0.25, -0.2) is 4.39 Å². The normalized spacial score (nSPS) is 14.4. The maximum Gasteiger partial charge on any atom is 0.123 e. The molecule has 1 aromatic rings. The summed E-state index contributed by atoms with van der Waals surface area (Å²) < 4.78 is 13.4. The Balaban J connectivity index is 2.76. The van der Waals surface area contributed by atoms with E-state index in [9.17, 15) is 4.39 Å². The molecular weight excluding hydrogens is 237 g/mol. The molecule has 19 heavy (non-hydrogen) atoms. The molecule has 0 aliphatic rings. The molecule has 0 heterocycles. The van der Waals surface area contributed by atoms with Crippen LogP contribution in [-0.4, -0.2) is 13.1 Å². The second-order valence-corrected chi connectivity index (χ2v) is 5.48. The molecule has 0 aliphatic heterocycles. The number of hydrogen-bond acceptors (Lipinski definition) is 1. The summed E-state index contributed by atoms with van der Waals surface area (Å²) in [4.78, 5) is 0. The highest BCUT2D eigenvalue weighted by atomic mass is 19.1. The molecule has 1 aromatic carbocycles. The number of aryl methyl sites for hydroxylation is 1. The molecule has 0 fully saturated rings. The van der Waals surface area contributed by atoms with E-state index in [1.807, 2.05) is 13.1 Å². The van der Waals surface area contributed by atoms with Crippen molar-refractivity contribution in [2.75, 3.05) is 7.05 Å². The number of benzene rings is 1. The monoisotopic (exact) mass is 265 g/mol. The molecule has 1 nitrogen and oxygen atoms in total. The van der Waals surface area contributed by atoms with Crippen LogP contribution in [0.1, 0.15) is 50.7 Å². The predicted octanol–water partition coefficient (Wildman–Crippen LogP) is 4.48. The van der Waals surface area contributed by atoms with Gasteiger partial charge in [-0.15, -0.1) is 0 Å². The lowest BCUT2D eigenvalue weighted by molar-refractivity contribution is 0.330. The van der Waals surface area contributed by atoms with Crippen molar-refractivity contribution < 1.29 is 4.39 Å². The fraction of sp³-hybridized carbons (Fsp3) is 0.647. The summed E-state index contributed by atoms with van der Waals surface area (Å²) in [5.74, 6) is 0.546. The molecular formula is C17H28FN. The zero-order valence-corrected chi connectivity index (χ0v) is 12.8. The fourth-order valence-electron chi connectivity index (χ4n) is 2.76. The number of nitrogens with one attached hydrogen (secondary N) is 1. The Kier molecular flexibility index (Phi) is 7.07. The first-order chi connectivity index (χ1) is 9.12. The molecule has 0 radical (unpaired) electrons. The zero-order chi connectivity index (χ0) is 14.3. The summed E-state index contributed by atoms with van der Waals surface area (Å²) in [6, 6.07) is 5.55. The lowest BCUT2D eigenvalue weighted by Gasteiger charge is -2.26. The molecule has 2 heteroatoms. The van der Waals surface area contributed by atoms with Crippen LogP contribution in [0.4, 0.5) is 4.39 Å². The maximum absolute atomic E-state index is 13.4. The molecule has 0 aromatic heterocycles. The predicted molar refractivity (Wildman–Crippen MR) is 81.0 cm³/mol. The first-order valence-corrected chi connectivity index (χ1v) is 7.54. The summed E-state index contributed by atoms with van der Waals surface area (Å²) in [5.41, 5.74) is 2.32. The molecule has 1 rings (SSSR count). The van der Waals surface area contributed by atoms with Crippen molar-refractivity contribution in [2.24, 2.45) is 5.92 Å². The third kappa shape index (κ3) is 4.94. The van der Waals surface area contributed by atoms with Gasteiger partial charge >= 0.3 is 0 Å². The highest BCUT2D eigenvalue weighted by Gasteiger charge is 2.19. The average Bonchev–Trinajstić information content (AvgIpc) is 2.41. The minimum Gasteiger partial charge on any atom is -0.316 e. The first kappa shape index (κ1) is 16.2. The van der Waals surface area contributed by atoms with E-state index in [0.717, 1.165) is 12.0 Å². The van der Waals surface area contributed by atoms with Crippen LogP contribution in [-0.2, 0) is 6.42 Å². The molecule has 1 N–H and O–H groups in total. The van der Waals surface area contributed by atoms with Gasteiger partial charge in [0.05, 0.1) is 0 Å². The Morgan fingerprint density at radius 2 is 2.00 bits per heavy atom. The topological polar surface area (TPSA) is 12.0 Å². The van der Waals surface area contributed by atoms with Gasteiger partial charge in [0, 0.05) is 6.04 Å². The lowest BCUT2D eigenvalue weighted by atomic mass is 9.86. The number of rotatable bonds is 8. The minimum atomic E-state index is -0.128. The van der Waals surface area contributed by atoms with E-state index in [4.69, 9.17) is 0 Å². The third-order valence-corrected chi connectivity index (χ3v) is 4.14. The molecule has 0 saturated carbocycles. The van der Waals surface area contributed by atoms with Crippen molar-refractivity contribution in [1.82, 2.24) is 5.32 Å². The Morgan fingerprint density at radius 3 is 2.58 bits per heavy atom. The van der Waals surface area contributed by atoms with Crippen molar-refractivity contribution in [3.05, 3.63) is 35.1 Å². The smallest absolute Gasteiger partial charge is 0.123 e. The SMILES string of the molecule is CCCCC(CC)C(Cc1cc(F)ccc1C)NC. The molecule has 0 bridgehead atoms. The van der Waals surface area contributed by atoms with Crippen LogP contribution in [0.3, 0.4) is 0 Å². The van der Waals surface area contributed by atoms with Crippen LogP contribution in [0, 0.1) is 18.7 Å². The molecule has 2 unspecified atom stereocenters. The van der Waals surface area contributed by atoms with Crippen LogP contribution in [0.2, 0.25) is 0 Å². The highest BCUT2D eigenvalue weighted by Crippen LogP contribution is 2.22. The fourth-order valence-corrected chi connectivity index (χ4v) is 2.76. The van der Waals surface area contributed by atoms with Crippen molar-refractivity contribution >= 4 is 0 Å². The average molecular weight is 265 g/mol. The molecule has 0 aliphatic carbocycles. The number of hydrogen-bond donors (Lipinski definition) is 1. The summed E-state index contributed by atoms with van der Waals surface area (Å²) in [6.07, 6.45) is 5.87. The first-order valence-electron chi connectivity index (χ1n) is 7.54. The van der Waals surface area contributed by atoms with Crippen LogP contribution >= 0.6 is 0 Å². The van der Waals surface area contributed by atoms with Crippen molar-refractivity contribution in [3.63, 3.8) is 0 Å². The second kappa shape index (κ2) is 8.31. The van der Waals surface area contributed by atoms with Gasteiger partial charge in [-0.2, -0.15) is 0 Å². The third-order valence-electron chi connectivity index (χ3n) is 4.14. The van der Waals surface area contributed by atoms with Gasteiger partial charge in [0.2, 0.25) is 0 Å². The Hall–Kier alpha value is -0.890. The van der Waals surface area contributed by atoms with Gasteiger partial charge in [-0.05, 0) is 56.0 Å². The van der Waals surface area contributed by atoms with E-state index < -0.39 is 0 Å². The molecule has 0 saturated heterocycles. The molecule has 0 amide bonds. The largest absolute Gasteiger partial charge is 0.316 e. The quantitative estimate of drug-likeness (QED) is 0.730. The van der Waals surface area contributed by atoms with Gasteiger partial charge in [-0.3, -0.25) is 0 Å². The summed E-state index contributed by atoms with van der Waals surface area (Å²) >= 11 is 0. The highest BCUT2D eigenvalue weighted by molar-refractivity contribution is 5.27. The van der Waals surface area contributed by atoms with E-state index in [0.29, 0.717) is 12.0 Å². The Labute approximate surface area is 117 Å². The van der Waals surface area contributed by atoms with Crippen LogP contribution in [0.5, 0.6) is 0 Å². The van der Waals surface area contributed by atoms with E-state index in [1.165, 1.54) is 31.2 Å². The van der Waals surface area contributed by atoms with Gasteiger partial charge < -0.3 is 5.32 Å². The van der Waals surface area contributed by atoms with Crippen LogP contribution in [0.25, 0.3) is 0 Å². The van der Waals surface area contributed by atoms with E-state index in [2.05, 4.69) is 26.1 Å². The number of unbranched alkanes of at least 4 members (excludes halogenated alkanes) is 1. The van der Waals surface area contributed by atoms with E-state index >= 15 is 0 Å². The summed E-state index contributed by atoms with van der Waals surface area (Å²) in [6.45, 7) is 6.55. The van der Waals surface area contributed by atoms with Gasteiger partial charge in [0.25, 0.3) is 0 Å². The standard InChI is InChI=1S/C17H28FN/c1-5-7-8-14(6-2)17(19-4)12-15-11-16(18)10-9-13(15)3/h9-11,14,17,19H,5-8,12H2,1-4H3. The molecule has 2 atom stereocenters. The second-order valence-electron chi connectivity index (χ2n) is 5.48. The number of halogens is 1. The molecule has 0 spiro atoms. The van der Waals surface area contributed by atoms with E-state index in [1.54, 1.807) is 12.1 Å². The summed E-state index contributed by atoms with van der Waals surface area (Å²) in [7, 11) is 2.02. The van der Waals surface area contributed by atoms with E-state index in [-0.39, 0.29) is 5.82 Å². The van der Waals surface area contributed by atoms with Crippen molar-refractivity contribution in [2.45, 2.75) is 58.9 Å². The minimum absolute atomic E-state index is 0.128. The maximum atomic E-state index is 13.4. The molecule has 108 valence electrons. The van der Waals surface area contributed by atoms with Crippen molar-refractivity contribution in [3.8, 4) is 0 Å². The Morgan fingerprint density at radius 1 is 1.26 bits per heavy atom. The summed E-state index contributed by atoms with van der Waals surface area (Å²) in [5, 5.41) is 3.43. The van der Waals surface area contributed by atoms with Gasteiger partial charge in [0.1, 0.15) is 5.82 Å². The Bertz CT molecular complexity index is 376. The zero-order valence-electron chi connectivity index (χ0n) is 12.8. The number of likely N-dealkylation sites (N-methyl/N-ethyl adjacent to an activating group) is 1. The van der Waals surface area contributed by atoms with Crippen LogP contribution < -0.4 is 5.32 Å². The van der Waals surface area contributed by atoms with Gasteiger partial charge in [-0.1, -0.05) is 39.2 Å².